The van der Waals surface area contributed by atoms with Crippen LogP contribution in [0.15, 0.2) is 53.6 Å². The number of hydrogen-bond acceptors (Lipinski definition) is 7. The van der Waals surface area contributed by atoms with Crippen molar-refractivity contribution in [2.45, 2.75) is 6.92 Å². The van der Waals surface area contributed by atoms with E-state index in [4.69, 9.17) is 10.6 Å². The molecule has 1 aliphatic heterocycles. The van der Waals surface area contributed by atoms with Gasteiger partial charge in [0.05, 0.1) is 11.3 Å². The number of anilines is 2. The van der Waals surface area contributed by atoms with Crippen molar-refractivity contribution in [1.29, 1.82) is 0 Å². The first-order valence-electron chi connectivity index (χ1n) is 6.56. The van der Waals surface area contributed by atoms with Gasteiger partial charge in [-0.3, -0.25) is 0 Å². The highest BCUT2D eigenvalue weighted by Crippen LogP contribution is 2.32. The van der Waals surface area contributed by atoms with Crippen LogP contribution in [-0.4, -0.2) is 11.9 Å². The highest BCUT2D eigenvalue weighted by atomic mass is 16.7. The predicted octanol–water partition coefficient (Wildman–Crippen LogP) is 2.12. The standard InChI is InChI=1S/C15H13N4O3/c1-10-6-8-11(9-7-10)14(20)22-18-12-4-2-3-5-13(12)19(21)17-15(18)16/h2-9H,1H3,(H2,16,17)/q-1. The minimum absolute atomic E-state index is 0.214. The molecule has 1 heterocycles. The Morgan fingerprint density at radius 2 is 1.77 bits per heavy atom. The molecule has 7 heteroatoms. The maximum absolute atomic E-state index is 12.2. The quantitative estimate of drug-likeness (QED) is 0.912. The number of benzene rings is 2. The molecular formula is C15H13N4O3-. The van der Waals surface area contributed by atoms with Gasteiger partial charge in [-0.15, -0.1) is 10.2 Å². The van der Waals surface area contributed by atoms with Crippen LogP contribution >= 0.6 is 0 Å². The van der Waals surface area contributed by atoms with Crippen molar-refractivity contribution in [3.63, 3.8) is 0 Å². The van der Waals surface area contributed by atoms with E-state index in [0.29, 0.717) is 16.4 Å². The lowest BCUT2D eigenvalue weighted by Crippen LogP contribution is -2.43. The van der Waals surface area contributed by atoms with Crippen molar-refractivity contribution < 1.29 is 9.63 Å². The number of nitrogens with two attached hydrogens (primary N) is 1. The Kier molecular flexibility index (Phi) is 3.40. The zero-order valence-electron chi connectivity index (χ0n) is 11.8. The second-order valence-electron chi connectivity index (χ2n) is 4.76. The number of aryl methyl sites for hydroxylation is 1. The molecule has 0 amide bonds. The van der Waals surface area contributed by atoms with Gasteiger partial charge in [-0.25, -0.2) is 4.79 Å². The normalized spacial score (nSPS) is 13.5. The summed E-state index contributed by atoms with van der Waals surface area (Å²) in [5.74, 6) is -0.804. The summed E-state index contributed by atoms with van der Waals surface area (Å²) >= 11 is 0. The summed E-state index contributed by atoms with van der Waals surface area (Å²) in [6.45, 7) is 1.92. The van der Waals surface area contributed by atoms with E-state index in [1.165, 1.54) is 0 Å². The van der Waals surface area contributed by atoms with Crippen molar-refractivity contribution in [3.05, 3.63) is 64.9 Å². The Hall–Kier alpha value is -3.06. The summed E-state index contributed by atoms with van der Waals surface area (Å²) in [6.07, 6.45) is 0. The molecule has 0 fully saturated rings. The van der Waals surface area contributed by atoms with Crippen molar-refractivity contribution >= 4 is 23.3 Å². The van der Waals surface area contributed by atoms with Crippen LogP contribution in [0.3, 0.4) is 0 Å². The van der Waals surface area contributed by atoms with Crippen molar-refractivity contribution in [3.8, 4) is 0 Å². The molecule has 3 rings (SSSR count). The molecule has 112 valence electrons. The molecule has 2 aromatic carbocycles. The highest BCUT2D eigenvalue weighted by molar-refractivity contribution is 6.02. The lowest BCUT2D eigenvalue weighted by atomic mass is 10.2. The predicted molar refractivity (Wildman–Crippen MR) is 83.0 cm³/mol. The number of nitrogens with zero attached hydrogens (tertiary/aromatic N) is 3. The van der Waals surface area contributed by atoms with Gasteiger partial charge in [0.25, 0.3) is 5.96 Å². The second kappa shape index (κ2) is 5.38. The first kappa shape index (κ1) is 13.9. The molecule has 0 aromatic heterocycles. The van der Waals surface area contributed by atoms with Crippen LogP contribution in [0.4, 0.5) is 11.4 Å². The largest absolute Gasteiger partial charge is 0.737 e. The maximum Gasteiger partial charge on any atom is 0.363 e. The number of fused-ring (bicyclic) bond motifs is 1. The Labute approximate surface area is 126 Å². The molecule has 0 atom stereocenters. The van der Waals surface area contributed by atoms with E-state index < -0.39 is 5.97 Å². The first-order valence-corrected chi connectivity index (χ1v) is 6.56. The molecule has 0 unspecified atom stereocenters. The van der Waals surface area contributed by atoms with E-state index in [0.717, 1.165) is 10.6 Å². The Bertz CT molecular complexity index is 743. The minimum Gasteiger partial charge on any atom is -0.737 e. The van der Waals surface area contributed by atoms with E-state index in [2.05, 4.69) is 5.10 Å². The van der Waals surface area contributed by atoms with Gasteiger partial charge in [0.1, 0.15) is 5.69 Å². The summed E-state index contributed by atoms with van der Waals surface area (Å²) in [6, 6.07) is 13.5. The minimum atomic E-state index is -0.590. The van der Waals surface area contributed by atoms with E-state index in [-0.39, 0.29) is 11.6 Å². The third-order valence-electron chi connectivity index (χ3n) is 3.17. The van der Waals surface area contributed by atoms with E-state index >= 15 is 0 Å². The average molecular weight is 297 g/mol. The lowest BCUT2D eigenvalue weighted by molar-refractivity contribution is 0.0515. The molecule has 7 nitrogen and oxygen atoms in total. The van der Waals surface area contributed by atoms with Gasteiger partial charge < -0.3 is 21.0 Å². The van der Waals surface area contributed by atoms with Crippen LogP contribution in [0.2, 0.25) is 0 Å². The third kappa shape index (κ3) is 2.45. The number of para-hydroxylation sites is 2. The molecule has 0 saturated carbocycles. The average Bonchev–Trinajstić information content (AvgIpc) is 2.52. The monoisotopic (exact) mass is 297 g/mol. The highest BCUT2D eigenvalue weighted by Gasteiger charge is 2.25. The Morgan fingerprint density at radius 3 is 2.45 bits per heavy atom. The fourth-order valence-corrected chi connectivity index (χ4v) is 2.03. The van der Waals surface area contributed by atoms with Crippen LogP contribution in [0, 0.1) is 12.1 Å². The topological polar surface area (TPSA) is 94.2 Å². The van der Waals surface area contributed by atoms with Crippen LogP contribution in [0.5, 0.6) is 0 Å². The van der Waals surface area contributed by atoms with Crippen LogP contribution in [0.1, 0.15) is 15.9 Å². The van der Waals surface area contributed by atoms with Gasteiger partial charge in [-0.1, -0.05) is 29.8 Å². The van der Waals surface area contributed by atoms with E-state index in [9.17, 15) is 10.0 Å². The first-order chi connectivity index (χ1) is 10.6. The molecule has 1 aliphatic rings. The smallest absolute Gasteiger partial charge is 0.363 e. The van der Waals surface area contributed by atoms with Gasteiger partial charge in [-0.05, 0) is 31.2 Å². The molecule has 0 radical (unpaired) electrons. The van der Waals surface area contributed by atoms with Crippen LogP contribution < -0.4 is 16.0 Å². The third-order valence-corrected chi connectivity index (χ3v) is 3.17. The van der Waals surface area contributed by atoms with Crippen molar-refractivity contribution in [2.75, 3.05) is 10.2 Å². The molecule has 0 spiro atoms. The molecule has 2 N–H and O–H groups in total. The summed E-state index contributed by atoms with van der Waals surface area (Å²) in [5.41, 5.74) is 7.69. The van der Waals surface area contributed by atoms with E-state index in [1.54, 1.807) is 48.5 Å². The molecule has 0 aliphatic carbocycles. The maximum atomic E-state index is 12.2. The summed E-state index contributed by atoms with van der Waals surface area (Å²) < 4.78 is 0. The number of hydrogen-bond donors (Lipinski definition) is 1. The van der Waals surface area contributed by atoms with E-state index in [1.807, 2.05) is 6.92 Å². The number of carbonyl (C=O) groups excluding carboxylic acids is 1. The van der Waals surface area contributed by atoms with Crippen LogP contribution in [0.25, 0.3) is 0 Å². The summed E-state index contributed by atoms with van der Waals surface area (Å²) in [4.78, 5) is 17.5. The molecule has 22 heavy (non-hydrogen) atoms. The van der Waals surface area contributed by atoms with Gasteiger partial charge in [-0.2, -0.15) is 0 Å². The Balaban J connectivity index is 1.89. The fourth-order valence-electron chi connectivity index (χ4n) is 2.03. The SMILES string of the molecule is Cc1ccc(C(=O)ON2C(N)=NN([O-])c3ccccc32)cc1. The lowest BCUT2D eigenvalue weighted by Gasteiger charge is -2.35. The van der Waals surface area contributed by atoms with Gasteiger partial charge in [0.15, 0.2) is 0 Å². The number of carbonyl (C=O) groups is 1. The Morgan fingerprint density at radius 1 is 1.14 bits per heavy atom. The number of guanidine groups is 1. The van der Waals surface area contributed by atoms with Gasteiger partial charge in [0, 0.05) is 0 Å². The second-order valence-corrected chi connectivity index (χ2v) is 4.76. The number of hydrazone groups is 1. The van der Waals surface area contributed by atoms with Gasteiger partial charge in [0.2, 0.25) is 0 Å². The zero-order valence-corrected chi connectivity index (χ0v) is 11.8. The zero-order chi connectivity index (χ0) is 15.7. The van der Waals surface area contributed by atoms with Gasteiger partial charge >= 0.3 is 5.97 Å². The number of hydroxylamine groups is 1. The molecule has 2 aromatic rings. The van der Waals surface area contributed by atoms with Crippen molar-refractivity contribution in [2.24, 2.45) is 10.8 Å². The molecule has 0 bridgehead atoms. The number of rotatable bonds is 2. The molecule has 0 saturated heterocycles. The fraction of sp³-hybridized carbons (Fsp3) is 0.0667. The summed E-state index contributed by atoms with van der Waals surface area (Å²) in [5, 5.41) is 16.7. The van der Waals surface area contributed by atoms with Crippen molar-refractivity contribution in [1.82, 2.24) is 0 Å². The van der Waals surface area contributed by atoms with Crippen LogP contribution in [-0.2, 0) is 4.84 Å². The summed E-state index contributed by atoms with van der Waals surface area (Å²) in [7, 11) is 0. The molecular weight excluding hydrogens is 284 g/mol.